The zero-order valence-corrected chi connectivity index (χ0v) is 16.1. The molecule has 0 aliphatic carbocycles. The highest BCUT2D eigenvalue weighted by molar-refractivity contribution is 7.99. The van der Waals surface area contributed by atoms with Gasteiger partial charge in [-0.25, -0.2) is 4.98 Å². The van der Waals surface area contributed by atoms with Crippen LogP contribution in [-0.4, -0.2) is 70.1 Å². The van der Waals surface area contributed by atoms with Crippen LogP contribution in [0, 0.1) is 0 Å². The third kappa shape index (κ3) is 5.04. The van der Waals surface area contributed by atoms with Gasteiger partial charge in [0.2, 0.25) is 11.1 Å². The highest BCUT2D eigenvalue weighted by Gasteiger charge is 2.28. The van der Waals surface area contributed by atoms with Crippen LogP contribution in [-0.2, 0) is 9.53 Å². The van der Waals surface area contributed by atoms with Crippen molar-refractivity contribution in [2.45, 2.75) is 24.5 Å². The number of aromatic nitrogens is 3. The van der Waals surface area contributed by atoms with Gasteiger partial charge in [0.25, 0.3) is 0 Å². The van der Waals surface area contributed by atoms with Gasteiger partial charge in [-0.1, -0.05) is 17.8 Å². The molecule has 2 aromatic heterocycles. The summed E-state index contributed by atoms with van der Waals surface area (Å²) < 4.78 is 5.39. The number of carbonyl (C=O) groups is 1. The van der Waals surface area contributed by atoms with Crippen molar-refractivity contribution in [3.8, 4) is 10.7 Å². The number of thiophene rings is 1. The maximum Gasteiger partial charge on any atom is 0.230 e. The largest absolute Gasteiger partial charge is 0.379 e. The van der Waals surface area contributed by atoms with Gasteiger partial charge in [0.1, 0.15) is 0 Å². The van der Waals surface area contributed by atoms with E-state index in [2.05, 4.69) is 39.2 Å². The predicted octanol–water partition coefficient (Wildman–Crippen LogP) is 1.85. The molecule has 0 radical (unpaired) electrons. The Morgan fingerprint density at radius 1 is 1.48 bits per heavy atom. The Morgan fingerprint density at radius 2 is 2.28 bits per heavy atom. The number of carbonyl (C=O) groups excluding carboxylic acids is 1. The summed E-state index contributed by atoms with van der Waals surface area (Å²) in [6.07, 6.45) is 0. The van der Waals surface area contributed by atoms with Crippen LogP contribution in [0.3, 0.4) is 0 Å². The number of amides is 1. The molecule has 1 aliphatic heterocycles. The Hall–Kier alpha value is -1.42. The van der Waals surface area contributed by atoms with Gasteiger partial charge in [0.15, 0.2) is 5.82 Å². The fraction of sp³-hybridized carbons (Fsp3) is 0.562. The maximum atomic E-state index is 12.1. The second-order valence-corrected chi connectivity index (χ2v) is 8.31. The van der Waals surface area contributed by atoms with Crippen LogP contribution in [0.25, 0.3) is 10.7 Å². The van der Waals surface area contributed by atoms with E-state index in [-0.39, 0.29) is 11.4 Å². The molecule has 0 unspecified atom stereocenters. The zero-order valence-electron chi connectivity index (χ0n) is 14.4. The molecule has 9 heteroatoms. The first-order chi connectivity index (χ1) is 12.0. The Morgan fingerprint density at radius 3 is 3.00 bits per heavy atom. The molecule has 25 heavy (non-hydrogen) atoms. The molecule has 1 fully saturated rings. The minimum Gasteiger partial charge on any atom is -0.379 e. The second-order valence-electron chi connectivity index (χ2n) is 6.42. The van der Waals surface area contributed by atoms with Crippen molar-refractivity contribution in [2.75, 3.05) is 38.6 Å². The monoisotopic (exact) mass is 381 g/mol. The summed E-state index contributed by atoms with van der Waals surface area (Å²) in [6, 6.07) is 3.96. The molecule has 136 valence electrons. The number of hydrogen-bond donors (Lipinski definition) is 2. The van der Waals surface area contributed by atoms with E-state index in [0.717, 1.165) is 37.0 Å². The average molecular weight is 382 g/mol. The Labute approximate surface area is 155 Å². The fourth-order valence-electron chi connectivity index (χ4n) is 2.61. The van der Waals surface area contributed by atoms with Crippen molar-refractivity contribution < 1.29 is 9.53 Å². The normalized spacial score (nSPS) is 16.1. The number of ether oxygens (including phenoxy) is 1. The molecular formula is C16H23N5O2S2. The molecule has 0 atom stereocenters. The van der Waals surface area contributed by atoms with E-state index in [1.54, 1.807) is 11.3 Å². The molecule has 2 N–H and O–H groups in total. The topological polar surface area (TPSA) is 83.1 Å². The first kappa shape index (κ1) is 18.4. The smallest absolute Gasteiger partial charge is 0.230 e. The van der Waals surface area contributed by atoms with Crippen LogP contribution < -0.4 is 5.32 Å². The van der Waals surface area contributed by atoms with Crippen molar-refractivity contribution in [3.05, 3.63) is 17.5 Å². The first-order valence-corrected chi connectivity index (χ1v) is 10.1. The van der Waals surface area contributed by atoms with Gasteiger partial charge >= 0.3 is 0 Å². The lowest BCUT2D eigenvalue weighted by molar-refractivity contribution is -0.119. The first-order valence-electron chi connectivity index (χ1n) is 8.23. The van der Waals surface area contributed by atoms with Crippen molar-refractivity contribution in [2.24, 2.45) is 0 Å². The quantitative estimate of drug-likeness (QED) is 0.712. The van der Waals surface area contributed by atoms with E-state index < -0.39 is 0 Å². The molecule has 0 bridgehead atoms. The number of hydrogen-bond acceptors (Lipinski definition) is 7. The molecule has 0 saturated carbocycles. The molecule has 1 saturated heterocycles. The van der Waals surface area contributed by atoms with E-state index in [4.69, 9.17) is 4.74 Å². The minimum absolute atomic E-state index is 0.00573. The second kappa shape index (κ2) is 8.31. The standard InChI is InChI=1S/C16H23N5O2S2/c1-16(2,21-5-7-23-8-6-21)11-17-13(22)10-25-15-18-14(19-20-15)12-4-3-9-24-12/h3-4,9H,5-8,10-11H2,1-2H3,(H,17,22)(H,18,19,20). The highest BCUT2D eigenvalue weighted by atomic mass is 32.2. The summed E-state index contributed by atoms with van der Waals surface area (Å²) >= 11 is 2.94. The van der Waals surface area contributed by atoms with E-state index in [9.17, 15) is 4.79 Å². The Bertz CT molecular complexity index is 681. The van der Waals surface area contributed by atoms with Gasteiger partial charge in [-0.15, -0.1) is 16.4 Å². The Balaban J connectivity index is 1.43. The van der Waals surface area contributed by atoms with E-state index in [1.807, 2.05) is 17.5 Å². The summed E-state index contributed by atoms with van der Waals surface area (Å²) in [4.78, 5) is 19.9. The van der Waals surface area contributed by atoms with Crippen LogP contribution >= 0.6 is 23.1 Å². The lowest BCUT2D eigenvalue weighted by Gasteiger charge is -2.40. The number of nitrogens with one attached hydrogen (secondary N) is 2. The molecule has 1 amide bonds. The molecule has 7 nitrogen and oxygen atoms in total. The highest BCUT2D eigenvalue weighted by Crippen LogP contribution is 2.23. The molecule has 3 rings (SSSR count). The SMILES string of the molecule is CC(C)(CNC(=O)CSc1n[nH]c(-c2cccs2)n1)N1CCOCC1. The van der Waals surface area contributed by atoms with Gasteiger partial charge in [-0.05, 0) is 25.3 Å². The van der Waals surface area contributed by atoms with Crippen LogP contribution in [0.15, 0.2) is 22.7 Å². The molecule has 3 heterocycles. The van der Waals surface area contributed by atoms with Crippen LogP contribution in [0.5, 0.6) is 0 Å². The summed E-state index contributed by atoms with van der Waals surface area (Å²) in [5.74, 6) is 1.04. The lowest BCUT2D eigenvalue weighted by Crippen LogP contribution is -2.55. The molecule has 0 spiro atoms. The van der Waals surface area contributed by atoms with Gasteiger partial charge < -0.3 is 10.1 Å². The summed E-state index contributed by atoms with van der Waals surface area (Å²) in [7, 11) is 0. The lowest BCUT2D eigenvalue weighted by atomic mass is 10.0. The van der Waals surface area contributed by atoms with Crippen molar-refractivity contribution in [1.82, 2.24) is 25.4 Å². The third-order valence-corrected chi connectivity index (χ3v) is 5.86. The summed E-state index contributed by atoms with van der Waals surface area (Å²) in [5.41, 5.74) is -0.0823. The van der Waals surface area contributed by atoms with Gasteiger partial charge in [-0.3, -0.25) is 14.8 Å². The minimum atomic E-state index is -0.0823. The molecule has 0 aromatic carbocycles. The third-order valence-electron chi connectivity index (χ3n) is 4.14. The molecule has 1 aliphatic rings. The van der Waals surface area contributed by atoms with Crippen LogP contribution in [0.4, 0.5) is 0 Å². The number of H-pyrrole nitrogens is 1. The number of nitrogens with zero attached hydrogens (tertiary/aromatic N) is 3. The van der Waals surface area contributed by atoms with E-state index in [1.165, 1.54) is 11.8 Å². The number of morpholine rings is 1. The number of rotatable bonds is 7. The number of thioether (sulfide) groups is 1. The molecule has 2 aromatic rings. The van der Waals surface area contributed by atoms with Gasteiger partial charge in [0, 0.05) is 25.2 Å². The fourth-order valence-corrected chi connectivity index (χ4v) is 3.90. The Kier molecular flexibility index (Phi) is 6.10. The van der Waals surface area contributed by atoms with E-state index in [0.29, 0.717) is 17.5 Å². The summed E-state index contributed by atoms with van der Waals surface area (Å²) in [6.45, 7) is 8.22. The van der Waals surface area contributed by atoms with Gasteiger partial charge in [0.05, 0.1) is 23.8 Å². The molecular weight excluding hydrogens is 358 g/mol. The van der Waals surface area contributed by atoms with Gasteiger partial charge in [-0.2, -0.15) is 0 Å². The van der Waals surface area contributed by atoms with E-state index >= 15 is 0 Å². The van der Waals surface area contributed by atoms with Crippen molar-refractivity contribution in [1.29, 1.82) is 0 Å². The summed E-state index contributed by atoms with van der Waals surface area (Å²) in [5, 5.41) is 12.7. The predicted molar refractivity (Wildman–Crippen MR) is 99.9 cm³/mol. The zero-order chi connectivity index (χ0) is 17.7. The maximum absolute atomic E-state index is 12.1. The average Bonchev–Trinajstić information content (AvgIpc) is 3.30. The van der Waals surface area contributed by atoms with Crippen LogP contribution in [0.2, 0.25) is 0 Å². The number of aromatic amines is 1. The van der Waals surface area contributed by atoms with Crippen molar-refractivity contribution >= 4 is 29.0 Å². The van der Waals surface area contributed by atoms with Crippen molar-refractivity contribution in [3.63, 3.8) is 0 Å². The van der Waals surface area contributed by atoms with Crippen LogP contribution in [0.1, 0.15) is 13.8 Å².